The van der Waals surface area contributed by atoms with E-state index in [9.17, 15) is 22.8 Å². The Kier molecular flexibility index (Phi) is 6.02. The number of ether oxygens (including phenoxy) is 2. The molecule has 0 aromatic carbocycles. The predicted molar refractivity (Wildman–Crippen MR) is 47.7 cm³/mol. The van der Waals surface area contributed by atoms with Gasteiger partial charge >= 0.3 is 12.1 Å². The van der Waals surface area contributed by atoms with Crippen LogP contribution in [0.1, 0.15) is 20.3 Å². The average Bonchev–Trinajstić information content (AvgIpc) is 2.12. The minimum Gasteiger partial charge on any atom is -0.466 e. The fourth-order valence-corrected chi connectivity index (χ4v) is 0.736. The molecule has 1 atom stereocenters. The number of Topliss-reactive ketones (excluding diaryl/α,β-unsaturated/α-hetero) is 1. The molecule has 0 aromatic rings. The lowest BCUT2D eigenvalue weighted by Crippen LogP contribution is -2.31. The standard InChI is InChI=1S/C9H13F3O4/c1-3-15-8(14)4-7(13)5-16-6(2)9(10,11)12/h6H,3-5H2,1-2H3. The molecule has 0 saturated carbocycles. The van der Waals surface area contributed by atoms with Crippen LogP contribution >= 0.6 is 0 Å². The molecule has 4 nitrogen and oxygen atoms in total. The molecule has 1 unspecified atom stereocenters. The zero-order valence-corrected chi connectivity index (χ0v) is 8.97. The van der Waals surface area contributed by atoms with E-state index < -0.39 is 37.1 Å². The van der Waals surface area contributed by atoms with Crippen molar-refractivity contribution in [3.63, 3.8) is 0 Å². The Morgan fingerprint density at radius 3 is 2.31 bits per heavy atom. The first-order valence-corrected chi connectivity index (χ1v) is 4.63. The van der Waals surface area contributed by atoms with Crippen molar-refractivity contribution >= 4 is 11.8 Å². The van der Waals surface area contributed by atoms with Crippen LogP contribution in [-0.2, 0) is 19.1 Å². The lowest BCUT2D eigenvalue weighted by Gasteiger charge is -2.15. The highest BCUT2D eigenvalue weighted by Gasteiger charge is 2.37. The van der Waals surface area contributed by atoms with Gasteiger partial charge in [-0.2, -0.15) is 13.2 Å². The monoisotopic (exact) mass is 242 g/mol. The van der Waals surface area contributed by atoms with Crippen molar-refractivity contribution in [1.29, 1.82) is 0 Å². The largest absolute Gasteiger partial charge is 0.466 e. The van der Waals surface area contributed by atoms with Crippen LogP contribution in [0.3, 0.4) is 0 Å². The summed E-state index contributed by atoms with van der Waals surface area (Å²) in [7, 11) is 0. The second kappa shape index (κ2) is 6.47. The van der Waals surface area contributed by atoms with E-state index in [0.29, 0.717) is 0 Å². The maximum absolute atomic E-state index is 12.0. The number of carbonyl (C=O) groups is 2. The normalized spacial score (nSPS) is 13.3. The van der Waals surface area contributed by atoms with Crippen molar-refractivity contribution in [3.05, 3.63) is 0 Å². The predicted octanol–water partition coefficient (Wildman–Crippen LogP) is 1.48. The molecule has 7 heteroatoms. The number of hydrogen-bond donors (Lipinski definition) is 0. The number of alkyl halides is 3. The van der Waals surface area contributed by atoms with Gasteiger partial charge < -0.3 is 9.47 Å². The van der Waals surface area contributed by atoms with E-state index in [1.54, 1.807) is 6.92 Å². The first-order valence-electron chi connectivity index (χ1n) is 4.63. The Morgan fingerprint density at radius 1 is 1.31 bits per heavy atom. The van der Waals surface area contributed by atoms with Gasteiger partial charge in [0.15, 0.2) is 11.9 Å². The van der Waals surface area contributed by atoms with Gasteiger partial charge in [-0.25, -0.2) is 0 Å². The molecular formula is C9H13F3O4. The van der Waals surface area contributed by atoms with Gasteiger partial charge in [0.1, 0.15) is 13.0 Å². The maximum Gasteiger partial charge on any atom is 0.414 e. The van der Waals surface area contributed by atoms with Crippen molar-refractivity contribution in [3.8, 4) is 0 Å². The molecule has 0 fully saturated rings. The van der Waals surface area contributed by atoms with Gasteiger partial charge in [0.2, 0.25) is 0 Å². The summed E-state index contributed by atoms with van der Waals surface area (Å²) in [5, 5.41) is 0. The number of ketones is 1. The van der Waals surface area contributed by atoms with Crippen LogP contribution in [0.15, 0.2) is 0 Å². The second-order valence-corrected chi connectivity index (χ2v) is 3.02. The summed E-state index contributed by atoms with van der Waals surface area (Å²) in [6.45, 7) is 1.72. The van der Waals surface area contributed by atoms with Crippen molar-refractivity contribution in [2.45, 2.75) is 32.5 Å². The average molecular weight is 242 g/mol. The Balaban J connectivity index is 3.86. The fraction of sp³-hybridized carbons (Fsp3) is 0.778. The van der Waals surface area contributed by atoms with E-state index >= 15 is 0 Å². The molecule has 0 aromatic heterocycles. The minimum atomic E-state index is -4.51. The first kappa shape index (κ1) is 14.9. The van der Waals surface area contributed by atoms with E-state index in [1.165, 1.54) is 0 Å². The Hall–Kier alpha value is -1.11. The van der Waals surface area contributed by atoms with Crippen LogP contribution in [0.25, 0.3) is 0 Å². The van der Waals surface area contributed by atoms with Gasteiger partial charge in [-0.3, -0.25) is 9.59 Å². The molecule has 0 heterocycles. The van der Waals surface area contributed by atoms with Crippen LogP contribution < -0.4 is 0 Å². The second-order valence-electron chi connectivity index (χ2n) is 3.02. The smallest absolute Gasteiger partial charge is 0.414 e. The summed E-state index contributed by atoms with van der Waals surface area (Å²) in [4.78, 5) is 21.7. The third kappa shape index (κ3) is 6.39. The van der Waals surface area contributed by atoms with Gasteiger partial charge in [0.25, 0.3) is 0 Å². The van der Waals surface area contributed by atoms with Gasteiger partial charge in [0, 0.05) is 0 Å². The highest BCUT2D eigenvalue weighted by molar-refractivity contribution is 5.96. The van der Waals surface area contributed by atoms with Crippen LogP contribution in [-0.4, -0.2) is 37.2 Å². The Labute approximate surface area is 90.7 Å². The summed E-state index contributed by atoms with van der Waals surface area (Å²) in [6.07, 6.45) is -7.11. The van der Waals surface area contributed by atoms with Crippen LogP contribution in [0, 0.1) is 0 Å². The quantitative estimate of drug-likeness (QED) is 0.523. The number of esters is 1. The number of halogens is 3. The summed E-state index contributed by atoms with van der Waals surface area (Å²) in [5.74, 6) is -1.51. The van der Waals surface area contributed by atoms with E-state index in [0.717, 1.165) is 6.92 Å². The van der Waals surface area contributed by atoms with Crippen molar-refractivity contribution in [2.75, 3.05) is 13.2 Å². The van der Waals surface area contributed by atoms with Crippen molar-refractivity contribution in [2.24, 2.45) is 0 Å². The molecule has 16 heavy (non-hydrogen) atoms. The lowest BCUT2D eigenvalue weighted by molar-refractivity contribution is -0.213. The third-order valence-electron chi connectivity index (χ3n) is 1.60. The van der Waals surface area contributed by atoms with E-state index in [4.69, 9.17) is 0 Å². The molecule has 0 aliphatic rings. The molecule has 0 N–H and O–H groups in total. The van der Waals surface area contributed by atoms with E-state index in [2.05, 4.69) is 9.47 Å². The van der Waals surface area contributed by atoms with Gasteiger partial charge in [-0.05, 0) is 13.8 Å². The molecule has 0 saturated heterocycles. The molecule has 0 amide bonds. The van der Waals surface area contributed by atoms with Crippen molar-refractivity contribution < 1.29 is 32.2 Å². The molecule has 0 rings (SSSR count). The van der Waals surface area contributed by atoms with E-state index in [-0.39, 0.29) is 6.61 Å². The molecular weight excluding hydrogens is 229 g/mol. The van der Waals surface area contributed by atoms with E-state index in [1.807, 2.05) is 0 Å². The van der Waals surface area contributed by atoms with Gasteiger partial charge in [-0.15, -0.1) is 0 Å². The molecule has 0 bridgehead atoms. The van der Waals surface area contributed by atoms with Gasteiger partial charge in [-0.1, -0.05) is 0 Å². The SMILES string of the molecule is CCOC(=O)CC(=O)COC(C)C(F)(F)F. The summed E-state index contributed by atoms with van der Waals surface area (Å²) in [5.41, 5.74) is 0. The maximum atomic E-state index is 12.0. The number of rotatable bonds is 6. The molecule has 94 valence electrons. The molecule has 0 aliphatic carbocycles. The summed E-state index contributed by atoms with van der Waals surface area (Å²) >= 11 is 0. The highest BCUT2D eigenvalue weighted by Crippen LogP contribution is 2.22. The van der Waals surface area contributed by atoms with Gasteiger partial charge in [0.05, 0.1) is 6.61 Å². The van der Waals surface area contributed by atoms with Crippen LogP contribution in [0.2, 0.25) is 0 Å². The Bertz CT molecular complexity index is 250. The highest BCUT2D eigenvalue weighted by atomic mass is 19.4. The number of hydrogen-bond acceptors (Lipinski definition) is 4. The van der Waals surface area contributed by atoms with Crippen LogP contribution in [0.4, 0.5) is 13.2 Å². The lowest BCUT2D eigenvalue weighted by atomic mass is 10.3. The third-order valence-corrected chi connectivity index (χ3v) is 1.60. The first-order chi connectivity index (χ1) is 7.27. The zero-order chi connectivity index (χ0) is 12.8. The molecule has 0 aliphatic heterocycles. The molecule has 0 radical (unpaired) electrons. The minimum absolute atomic E-state index is 0.117. The summed E-state index contributed by atoms with van der Waals surface area (Å²) < 4.78 is 44.6. The summed E-state index contributed by atoms with van der Waals surface area (Å²) in [6, 6.07) is 0. The zero-order valence-electron chi connectivity index (χ0n) is 8.97. The topological polar surface area (TPSA) is 52.6 Å². The fourth-order valence-electron chi connectivity index (χ4n) is 0.736. The Morgan fingerprint density at radius 2 is 1.88 bits per heavy atom. The molecule has 0 spiro atoms. The van der Waals surface area contributed by atoms with Crippen LogP contribution in [0.5, 0.6) is 0 Å². The van der Waals surface area contributed by atoms with Crippen molar-refractivity contribution in [1.82, 2.24) is 0 Å². The number of carbonyl (C=O) groups excluding carboxylic acids is 2.